The van der Waals surface area contributed by atoms with Gasteiger partial charge in [-0.25, -0.2) is 9.59 Å². The summed E-state index contributed by atoms with van der Waals surface area (Å²) in [5.41, 5.74) is -1.95. The van der Waals surface area contributed by atoms with Gasteiger partial charge >= 0.3 is 12.0 Å². The van der Waals surface area contributed by atoms with Crippen molar-refractivity contribution in [2.75, 3.05) is 18.6 Å². The highest BCUT2D eigenvalue weighted by molar-refractivity contribution is 7.98. The van der Waals surface area contributed by atoms with Crippen LogP contribution < -0.4 is 10.6 Å². The lowest BCUT2D eigenvalue weighted by molar-refractivity contribution is -0.155. The van der Waals surface area contributed by atoms with Crippen LogP contribution in [0.1, 0.15) is 20.3 Å². The number of nitrogens with one attached hydrogen (secondary N) is 2. The number of aliphatic carboxylic acids is 1. The Balaban J connectivity index is 4.06. The lowest BCUT2D eigenvalue weighted by Gasteiger charge is -2.20. The van der Waals surface area contributed by atoms with E-state index in [0.29, 0.717) is 0 Å². The van der Waals surface area contributed by atoms with Crippen LogP contribution in [0.3, 0.4) is 0 Å². The Morgan fingerprint density at radius 1 is 1.47 bits per heavy atom. The van der Waals surface area contributed by atoms with E-state index < -0.39 is 17.6 Å². The summed E-state index contributed by atoms with van der Waals surface area (Å²) >= 11 is 1.62. The number of aliphatic hydroxyl groups is 1. The number of thioether (sulfide) groups is 1. The zero-order valence-electron chi connectivity index (χ0n) is 10.3. The van der Waals surface area contributed by atoms with E-state index in [1.54, 1.807) is 11.8 Å². The van der Waals surface area contributed by atoms with E-state index in [2.05, 4.69) is 10.6 Å². The molecule has 0 saturated carbocycles. The van der Waals surface area contributed by atoms with Gasteiger partial charge in [0.2, 0.25) is 0 Å². The SMILES string of the molecule is CCC(CSC)NC(=O)NCC(C)(O)C(=O)O. The monoisotopic (exact) mass is 264 g/mol. The molecule has 0 aliphatic rings. The van der Waals surface area contributed by atoms with Crippen molar-refractivity contribution in [2.45, 2.75) is 31.9 Å². The number of carbonyl (C=O) groups excluding carboxylic acids is 1. The fourth-order valence-electron chi connectivity index (χ4n) is 1.03. The Labute approximate surface area is 105 Å². The van der Waals surface area contributed by atoms with Crippen molar-refractivity contribution in [1.29, 1.82) is 0 Å². The molecule has 0 aliphatic heterocycles. The van der Waals surface area contributed by atoms with Gasteiger partial charge in [0.1, 0.15) is 0 Å². The lowest BCUT2D eigenvalue weighted by Crippen LogP contribution is -2.51. The van der Waals surface area contributed by atoms with Crippen LogP contribution in [0.25, 0.3) is 0 Å². The molecular formula is C10H20N2O4S. The molecule has 0 aromatic carbocycles. The number of hydrogen-bond donors (Lipinski definition) is 4. The Morgan fingerprint density at radius 2 is 2.06 bits per heavy atom. The number of hydrogen-bond acceptors (Lipinski definition) is 4. The largest absolute Gasteiger partial charge is 0.479 e. The van der Waals surface area contributed by atoms with E-state index in [1.165, 1.54) is 0 Å². The van der Waals surface area contributed by atoms with Gasteiger partial charge in [-0.2, -0.15) is 11.8 Å². The van der Waals surface area contributed by atoms with Crippen LogP contribution in [0, 0.1) is 0 Å². The molecule has 2 atom stereocenters. The van der Waals surface area contributed by atoms with Crippen LogP contribution in [0.15, 0.2) is 0 Å². The molecule has 0 bridgehead atoms. The summed E-state index contributed by atoms with van der Waals surface area (Å²) in [5, 5.41) is 23.1. The second kappa shape index (κ2) is 7.39. The van der Waals surface area contributed by atoms with E-state index in [0.717, 1.165) is 19.1 Å². The smallest absolute Gasteiger partial charge is 0.337 e. The molecule has 7 heteroatoms. The van der Waals surface area contributed by atoms with Crippen molar-refractivity contribution in [1.82, 2.24) is 10.6 Å². The maximum absolute atomic E-state index is 11.4. The summed E-state index contributed by atoms with van der Waals surface area (Å²) < 4.78 is 0. The predicted octanol–water partition coefficient (Wildman–Crippen LogP) is 0.263. The second-order valence-electron chi connectivity index (χ2n) is 3.97. The number of carboxylic acid groups (broad SMARTS) is 1. The van der Waals surface area contributed by atoms with Gasteiger partial charge in [0.05, 0.1) is 6.54 Å². The molecule has 0 rings (SSSR count). The summed E-state index contributed by atoms with van der Waals surface area (Å²) in [6.45, 7) is 2.76. The Hall–Kier alpha value is -0.950. The standard InChI is InChI=1S/C10H20N2O4S/c1-4-7(5-17-3)12-9(15)11-6-10(2,16)8(13)14/h7,16H,4-6H2,1-3H3,(H,13,14)(H2,11,12,15). The Morgan fingerprint density at radius 3 is 2.47 bits per heavy atom. The molecule has 0 radical (unpaired) electrons. The molecule has 0 aromatic heterocycles. The molecule has 100 valence electrons. The first-order chi connectivity index (χ1) is 7.83. The van der Waals surface area contributed by atoms with E-state index in [9.17, 15) is 14.7 Å². The van der Waals surface area contributed by atoms with Crippen molar-refractivity contribution in [3.63, 3.8) is 0 Å². The quantitative estimate of drug-likeness (QED) is 0.529. The molecule has 6 nitrogen and oxygen atoms in total. The molecule has 0 heterocycles. The van der Waals surface area contributed by atoms with Crippen molar-refractivity contribution in [2.24, 2.45) is 0 Å². The van der Waals surface area contributed by atoms with Crippen LogP contribution in [-0.2, 0) is 4.79 Å². The van der Waals surface area contributed by atoms with Gasteiger partial charge < -0.3 is 20.8 Å². The third-order valence-corrected chi connectivity index (χ3v) is 2.99. The van der Waals surface area contributed by atoms with Crippen LogP contribution in [0.5, 0.6) is 0 Å². The van der Waals surface area contributed by atoms with Gasteiger partial charge in [-0.15, -0.1) is 0 Å². The van der Waals surface area contributed by atoms with Crippen LogP contribution in [0.4, 0.5) is 4.79 Å². The number of carboxylic acids is 1. The maximum atomic E-state index is 11.4. The van der Waals surface area contributed by atoms with E-state index >= 15 is 0 Å². The normalized spacial score (nSPS) is 15.8. The molecule has 17 heavy (non-hydrogen) atoms. The van der Waals surface area contributed by atoms with Gasteiger partial charge in [-0.3, -0.25) is 0 Å². The molecule has 0 aromatic rings. The average Bonchev–Trinajstić information content (AvgIpc) is 2.25. The highest BCUT2D eigenvalue weighted by atomic mass is 32.2. The first-order valence-corrected chi connectivity index (χ1v) is 6.72. The summed E-state index contributed by atoms with van der Waals surface area (Å²) in [6.07, 6.45) is 2.74. The Kier molecular flexibility index (Phi) is 6.98. The Bertz CT molecular complexity index is 271. The van der Waals surface area contributed by atoms with Gasteiger partial charge in [0.15, 0.2) is 5.60 Å². The van der Waals surface area contributed by atoms with Gasteiger partial charge in [-0.05, 0) is 19.6 Å². The van der Waals surface area contributed by atoms with Crippen molar-refractivity contribution >= 4 is 23.8 Å². The highest BCUT2D eigenvalue weighted by Gasteiger charge is 2.30. The second-order valence-corrected chi connectivity index (χ2v) is 4.88. The van der Waals surface area contributed by atoms with Crippen molar-refractivity contribution in [3.05, 3.63) is 0 Å². The average molecular weight is 264 g/mol. The molecule has 0 aliphatic carbocycles. The molecule has 0 spiro atoms. The summed E-state index contributed by atoms with van der Waals surface area (Å²) in [4.78, 5) is 22.0. The van der Waals surface area contributed by atoms with Crippen molar-refractivity contribution in [3.8, 4) is 0 Å². The van der Waals surface area contributed by atoms with Crippen LogP contribution >= 0.6 is 11.8 Å². The van der Waals surface area contributed by atoms with Gasteiger partial charge in [-0.1, -0.05) is 6.92 Å². The number of carbonyl (C=O) groups is 2. The van der Waals surface area contributed by atoms with E-state index in [4.69, 9.17) is 5.11 Å². The van der Waals surface area contributed by atoms with E-state index in [1.807, 2.05) is 13.2 Å². The summed E-state index contributed by atoms with van der Waals surface area (Å²) in [7, 11) is 0. The molecule has 0 fully saturated rings. The summed E-state index contributed by atoms with van der Waals surface area (Å²) in [5.74, 6) is -0.576. The highest BCUT2D eigenvalue weighted by Crippen LogP contribution is 2.02. The molecule has 4 N–H and O–H groups in total. The number of rotatable bonds is 7. The fourth-order valence-corrected chi connectivity index (χ4v) is 1.75. The maximum Gasteiger partial charge on any atom is 0.337 e. The fraction of sp³-hybridized carbons (Fsp3) is 0.800. The van der Waals surface area contributed by atoms with Crippen molar-refractivity contribution < 1.29 is 19.8 Å². The third kappa shape index (κ3) is 6.38. The molecular weight excluding hydrogens is 244 g/mol. The topological polar surface area (TPSA) is 98.7 Å². The van der Waals surface area contributed by atoms with Crippen LogP contribution in [-0.4, -0.2) is 52.4 Å². The molecule has 2 amide bonds. The van der Waals surface area contributed by atoms with Gasteiger partial charge in [0.25, 0.3) is 0 Å². The van der Waals surface area contributed by atoms with Crippen LogP contribution in [0.2, 0.25) is 0 Å². The van der Waals surface area contributed by atoms with E-state index in [-0.39, 0.29) is 12.6 Å². The zero-order chi connectivity index (χ0) is 13.5. The molecule has 2 unspecified atom stereocenters. The zero-order valence-corrected chi connectivity index (χ0v) is 11.1. The molecule has 0 saturated heterocycles. The predicted molar refractivity (Wildman–Crippen MR) is 67.3 cm³/mol. The third-order valence-electron chi connectivity index (χ3n) is 2.25. The lowest BCUT2D eigenvalue weighted by atomic mass is 10.1. The summed E-state index contributed by atoms with van der Waals surface area (Å²) in [6, 6.07) is -0.424. The minimum Gasteiger partial charge on any atom is -0.479 e. The van der Waals surface area contributed by atoms with Gasteiger partial charge in [0, 0.05) is 11.8 Å². The number of amides is 2. The minimum atomic E-state index is -1.95. The first kappa shape index (κ1) is 16.1. The number of urea groups is 1. The minimum absolute atomic E-state index is 0.0415. The first-order valence-electron chi connectivity index (χ1n) is 5.32.